The average Bonchev–Trinajstić information content (AvgIpc) is 3.12. The molecule has 3 rings (SSSR count). The molecule has 1 amide bonds. The van der Waals surface area contributed by atoms with E-state index in [2.05, 4.69) is 24.0 Å². The number of hydrogen-bond acceptors (Lipinski definition) is 3. The van der Waals surface area contributed by atoms with Gasteiger partial charge in [0, 0.05) is 37.0 Å². The molecule has 2 heterocycles. The van der Waals surface area contributed by atoms with E-state index in [1.54, 1.807) is 4.90 Å². The maximum atomic E-state index is 12.9. The monoisotopic (exact) mass is 413 g/mol. The minimum absolute atomic E-state index is 0.00578. The van der Waals surface area contributed by atoms with Crippen LogP contribution in [0.1, 0.15) is 51.2 Å². The molecule has 0 aliphatic carbocycles. The lowest BCUT2D eigenvalue weighted by molar-refractivity contribution is 0.0784. The Labute approximate surface area is 177 Å². The first kappa shape index (κ1) is 21.1. The third kappa shape index (κ3) is 4.22. The van der Waals surface area contributed by atoms with E-state index < -0.39 is 0 Å². The Hall–Kier alpha value is -2.60. The third-order valence-corrected chi connectivity index (χ3v) is 5.95. The van der Waals surface area contributed by atoms with Gasteiger partial charge in [-0.3, -0.25) is 14.2 Å². The summed E-state index contributed by atoms with van der Waals surface area (Å²) >= 11 is 6.23. The van der Waals surface area contributed by atoms with Crippen LogP contribution < -0.4 is 0 Å². The maximum absolute atomic E-state index is 12.9. The van der Waals surface area contributed by atoms with Crippen LogP contribution in [0.25, 0.3) is 0 Å². The van der Waals surface area contributed by atoms with Crippen molar-refractivity contribution in [2.24, 2.45) is 0 Å². The second kappa shape index (κ2) is 8.41. The number of carbonyl (C=O) groups excluding carboxylic acids is 1. The minimum atomic E-state index is -0.00578. The molecule has 2 aromatic heterocycles. The number of benzene rings is 1. The number of nitrogens with zero attached hydrogens (tertiary/aromatic N) is 5. The largest absolute Gasteiger partial charge is 0.337 e. The lowest BCUT2D eigenvalue weighted by atomic mass is 10.1. The van der Waals surface area contributed by atoms with Crippen molar-refractivity contribution in [2.75, 3.05) is 7.05 Å². The summed E-state index contributed by atoms with van der Waals surface area (Å²) in [7, 11) is 1.83. The van der Waals surface area contributed by atoms with Crippen LogP contribution in [0.4, 0.5) is 0 Å². The van der Waals surface area contributed by atoms with Crippen molar-refractivity contribution in [3.05, 3.63) is 68.8 Å². The number of carbonyl (C=O) groups is 1. The molecule has 0 atom stereocenters. The summed E-state index contributed by atoms with van der Waals surface area (Å²) in [4.78, 5) is 14.6. The summed E-state index contributed by atoms with van der Waals surface area (Å²) in [5.74, 6) is -0.00578. The second-order valence-corrected chi connectivity index (χ2v) is 7.84. The van der Waals surface area contributed by atoms with E-state index >= 15 is 0 Å². The number of rotatable bonds is 6. The van der Waals surface area contributed by atoms with Crippen LogP contribution in [0.3, 0.4) is 0 Å². The van der Waals surface area contributed by atoms with E-state index in [1.165, 1.54) is 0 Å². The van der Waals surface area contributed by atoms with Crippen LogP contribution in [-0.2, 0) is 19.6 Å². The van der Waals surface area contributed by atoms with Crippen molar-refractivity contribution in [3.8, 4) is 0 Å². The van der Waals surface area contributed by atoms with Gasteiger partial charge in [0.1, 0.15) is 0 Å². The van der Waals surface area contributed by atoms with Gasteiger partial charge in [-0.25, -0.2) is 0 Å². The quantitative estimate of drug-likeness (QED) is 0.605. The average molecular weight is 414 g/mol. The molecule has 0 aliphatic rings. The Morgan fingerprint density at radius 1 is 1.00 bits per heavy atom. The molecule has 0 spiro atoms. The SMILES string of the molecule is CCn1nc(C)c(CN(C)C(=O)c2ccc(Cn3nc(C)c(Cl)c3C)cc2)c1C. The first-order chi connectivity index (χ1) is 13.7. The summed E-state index contributed by atoms with van der Waals surface area (Å²) in [6, 6.07) is 7.68. The normalized spacial score (nSPS) is 11.1. The fourth-order valence-corrected chi connectivity index (χ4v) is 3.69. The molecule has 154 valence electrons. The predicted molar refractivity (Wildman–Crippen MR) is 115 cm³/mol. The first-order valence-electron chi connectivity index (χ1n) is 9.79. The second-order valence-electron chi connectivity index (χ2n) is 7.47. The molecule has 0 aliphatic heterocycles. The Morgan fingerprint density at radius 2 is 1.62 bits per heavy atom. The highest BCUT2D eigenvalue weighted by Crippen LogP contribution is 2.20. The van der Waals surface area contributed by atoms with Crippen molar-refractivity contribution in [3.63, 3.8) is 0 Å². The molecule has 1 aromatic carbocycles. The molecule has 0 fully saturated rings. The van der Waals surface area contributed by atoms with Crippen LogP contribution in [0.5, 0.6) is 0 Å². The number of aryl methyl sites for hydroxylation is 3. The molecule has 3 aromatic rings. The summed E-state index contributed by atoms with van der Waals surface area (Å²) in [5.41, 5.74) is 6.72. The molecular weight excluding hydrogens is 386 g/mol. The Bertz CT molecular complexity index is 1030. The molecule has 0 bridgehead atoms. The number of halogens is 1. The van der Waals surface area contributed by atoms with Gasteiger partial charge >= 0.3 is 0 Å². The molecule has 6 nitrogen and oxygen atoms in total. The third-order valence-electron chi connectivity index (χ3n) is 5.40. The zero-order chi connectivity index (χ0) is 21.3. The van der Waals surface area contributed by atoms with Crippen molar-refractivity contribution >= 4 is 17.5 Å². The smallest absolute Gasteiger partial charge is 0.253 e. The summed E-state index contributed by atoms with van der Waals surface area (Å²) in [6.07, 6.45) is 0. The molecule has 29 heavy (non-hydrogen) atoms. The van der Waals surface area contributed by atoms with Gasteiger partial charge in [-0.15, -0.1) is 0 Å². The van der Waals surface area contributed by atoms with Crippen LogP contribution in [0.15, 0.2) is 24.3 Å². The van der Waals surface area contributed by atoms with Crippen molar-refractivity contribution in [1.82, 2.24) is 24.5 Å². The molecule has 0 saturated heterocycles. The number of amides is 1. The highest BCUT2D eigenvalue weighted by atomic mass is 35.5. The van der Waals surface area contributed by atoms with E-state index in [0.29, 0.717) is 23.7 Å². The van der Waals surface area contributed by atoms with E-state index in [1.807, 2.05) is 61.4 Å². The van der Waals surface area contributed by atoms with Gasteiger partial charge in [0.2, 0.25) is 0 Å². The van der Waals surface area contributed by atoms with Gasteiger partial charge in [0.05, 0.1) is 28.6 Å². The van der Waals surface area contributed by atoms with E-state index in [4.69, 9.17) is 11.6 Å². The molecule has 7 heteroatoms. The Balaban J connectivity index is 1.71. The summed E-state index contributed by atoms with van der Waals surface area (Å²) in [6.45, 7) is 12.0. The van der Waals surface area contributed by atoms with E-state index in [0.717, 1.165) is 40.4 Å². The lowest BCUT2D eigenvalue weighted by Crippen LogP contribution is -2.26. The Morgan fingerprint density at radius 3 is 2.14 bits per heavy atom. The minimum Gasteiger partial charge on any atom is -0.337 e. The molecule has 0 N–H and O–H groups in total. The van der Waals surface area contributed by atoms with Gasteiger partial charge in [-0.05, 0) is 52.3 Å². The van der Waals surface area contributed by atoms with Gasteiger partial charge < -0.3 is 4.90 Å². The Kier molecular flexibility index (Phi) is 6.13. The fourth-order valence-electron chi connectivity index (χ4n) is 3.55. The zero-order valence-electron chi connectivity index (χ0n) is 18.0. The lowest BCUT2D eigenvalue weighted by Gasteiger charge is -2.18. The van der Waals surface area contributed by atoms with E-state index in [9.17, 15) is 4.79 Å². The zero-order valence-corrected chi connectivity index (χ0v) is 18.7. The van der Waals surface area contributed by atoms with Crippen molar-refractivity contribution < 1.29 is 4.79 Å². The summed E-state index contributed by atoms with van der Waals surface area (Å²) < 4.78 is 3.86. The van der Waals surface area contributed by atoms with Crippen LogP contribution in [0, 0.1) is 27.7 Å². The highest BCUT2D eigenvalue weighted by molar-refractivity contribution is 6.31. The van der Waals surface area contributed by atoms with Gasteiger partial charge in [0.25, 0.3) is 5.91 Å². The summed E-state index contributed by atoms with van der Waals surface area (Å²) in [5, 5.41) is 9.71. The maximum Gasteiger partial charge on any atom is 0.253 e. The van der Waals surface area contributed by atoms with E-state index in [-0.39, 0.29) is 5.91 Å². The molecule has 0 saturated carbocycles. The van der Waals surface area contributed by atoms with Gasteiger partial charge in [0.15, 0.2) is 0 Å². The van der Waals surface area contributed by atoms with Crippen molar-refractivity contribution in [1.29, 1.82) is 0 Å². The standard InChI is InChI=1S/C22H28ClN5O/c1-7-27-16(4)20(14(2)24-27)13-26(6)22(29)19-10-8-18(9-11-19)12-28-17(5)21(23)15(3)25-28/h8-11H,7,12-13H2,1-6H3. The first-order valence-corrected chi connectivity index (χ1v) is 10.2. The van der Waals surface area contributed by atoms with Crippen LogP contribution in [0.2, 0.25) is 5.02 Å². The molecule has 0 unspecified atom stereocenters. The predicted octanol–water partition coefficient (Wildman–Crippen LogP) is 4.31. The fraction of sp³-hybridized carbons (Fsp3) is 0.409. The number of hydrogen-bond donors (Lipinski definition) is 0. The molecule has 0 radical (unpaired) electrons. The van der Waals surface area contributed by atoms with Gasteiger partial charge in [-0.2, -0.15) is 10.2 Å². The number of aromatic nitrogens is 4. The molecular formula is C22H28ClN5O. The topological polar surface area (TPSA) is 56.0 Å². The van der Waals surface area contributed by atoms with Gasteiger partial charge in [-0.1, -0.05) is 23.7 Å². The van der Waals surface area contributed by atoms with Crippen LogP contribution in [-0.4, -0.2) is 37.4 Å². The highest BCUT2D eigenvalue weighted by Gasteiger charge is 2.17. The van der Waals surface area contributed by atoms with Crippen molar-refractivity contribution in [2.45, 2.75) is 54.3 Å². The van der Waals surface area contributed by atoms with Crippen LogP contribution >= 0.6 is 11.6 Å².